The van der Waals surface area contributed by atoms with Crippen LogP contribution in [0.1, 0.15) is 27.7 Å². The average Bonchev–Trinajstić information content (AvgIpc) is 1.85. The second kappa shape index (κ2) is 4.37. The van der Waals surface area contributed by atoms with E-state index in [0.717, 1.165) is 0 Å². The lowest BCUT2D eigenvalue weighted by Gasteiger charge is -2.21. The smallest absolute Gasteiger partial charge is 0.309 e. The lowest BCUT2D eigenvalue weighted by atomic mass is 9.86. The molecule has 0 aliphatic rings. The van der Waals surface area contributed by atoms with E-state index in [0.29, 0.717) is 11.8 Å². The molecule has 2 heteroatoms. The summed E-state index contributed by atoms with van der Waals surface area (Å²) in [4.78, 5) is 11.2. The van der Waals surface area contributed by atoms with E-state index in [1.54, 1.807) is 0 Å². The molecule has 2 nitrogen and oxygen atoms in total. The first-order chi connectivity index (χ1) is 5.00. The first-order valence-corrected chi connectivity index (χ1v) is 4.08. The molecular formula is C9H18O2. The van der Waals surface area contributed by atoms with Crippen molar-refractivity contribution in [3.8, 4) is 0 Å². The zero-order valence-electron chi connectivity index (χ0n) is 8.05. The molecule has 0 heterocycles. The van der Waals surface area contributed by atoms with Crippen molar-refractivity contribution in [2.45, 2.75) is 27.7 Å². The van der Waals surface area contributed by atoms with Gasteiger partial charge in [0.05, 0.1) is 13.0 Å². The summed E-state index contributed by atoms with van der Waals surface area (Å²) in [5.41, 5.74) is 0. The molecule has 0 aliphatic heterocycles. The minimum atomic E-state index is -0.0880. The van der Waals surface area contributed by atoms with Gasteiger partial charge < -0.3 is 4.74 Å². The standard InChI is InChI=1S/C9H18O2/c1-6(2)8(7(3)4)9(10)11-5/h6-8H,1-5H3. The summed E-state index contributed by atoms with van der Waals surface area (Å²) in [6.45, 7) is 8.17. The molecule has 0 fully saturated rings. The van der Waals surface area contributed by atoms with E-state index in [1.807, 2.05) is 27.7 Å². The van der Waals surface area contributed by atoms with Gasteiger partial charge in [-0.25, -0.2) is 0 Å². The minimum absolute atomic E-state index is 0.0417. The highest BCUT2D eigenvalue weighted by Gasteiger charge is 2.25. The van der Waals surface area contributed by atoms with Gasteiger partial charge in [-0.3, -0.25) is 4.79 Å². The Labute approximate surface area is 68.9 Å². The highest BCUT2D eigenvalue weighted by atomic mass is 16.5. The Morgan fingerprint density at radius 1 is 1.09 bits per heavy atom. The summed E-state index contributed by atoms with van der Waals surface area (Å²) in [5.74, 6) is 0.680. The van der Waals surface area contributed by atoms with Gasteiger partial charge in [-0.05, 0) is 11.8 Å². The molecule has 0 atom stereocenters. The Kier molecular flexibility index (Phi) is 4.16. The summed E-state index contributed by atoms with van der Waals surface area (Å²) in [7, 11) is 1.44. The third-order valence-corrected chi connectivity index (χ3v) is 1.91. The highest BCUT2D eigenvalue weighted by molar-refractivity contribution is 5.72. The molecule has 0 aromatic carbocycles. The van der Waals surface area contributed by atoms with Gasteiger partial charge in [0.1, 0.15) is 0 Å². The van der Waals surface area contributed by atoms with Crippen molar-refractivity contribution < 1.29 is 9.53 Å². The monoisotopic (exact) mass is 158 g/mol. The van der Waals surface area contributed by atoms with Crippen LogP contribution < -0.4 is 0 Å². The van der Waals surface area contributed by atoms with Gasteiger partial charge in [0.25, 0.3) is 0 Å². The molecule has 0 radical (unpaired) electrons. The van der Waals surface area contributed by atoms with Crippen molar-refractivity contribution in [3.63, 3.8) is 0 Å². The maximum Gasteiger partial charge on any atom is 0.309 e. The Morgan fingerprint density at radius 3 is 1.55 bits per heavy atom. The third-order valence-electron chi connectivity index (χ3n) is 1.91. The summed E-state index contributed by atoms with van der Waals surface area (Å²) in [5, 5.41) is 0. The van der Waals surface area contributed by atoms with E-state index in [-0.39, 0.29) is 11.9 Å². The zero-order valence-corrected chi connectivity index (χ0v) is 8.05. The van der Waals surface area contributed by atoms with Gasteiger partial charge in [0, 0.05) is 0 Å². The Hall–Kier alpha value is -0.530. The van der Waals surface area contributed by atoms with Crippen LogP contribution in [0.5, 0.6) is 0 Å². The number of hydrogen-bond acceptors (Lipinski definition) is 2. The molecule has 66 valence electrons. The quantitative estimate of drug-likeness (QED) is 0.588. The van der Waals surface area contributed by atoms with E-state index in [4.69, 9.17) is 4.74 Å². The molecule has 11 heavy (non-hydrogen) atoms. The Balaban J connectivity index is 4.22. The maximum absolute atomic E-state index is 11.2. The molecule has 0 N–H and O–H groups in total. The number of esters is 1. The van der Waals surface area contributed by atoms with Gasteiger partial charge in [0.2, 0.25) is 0 Å². The van der Waals surface area contributed by atoms with Crippen LogP contribution in [0.4, 0.5) is 0 Å². The minimum Gasteiger partial charge on any atom is -0.469 e. The fourth-order valence-electron chi connectivity index (χ4n) is 1.45. The number of ether oxygens (including phenoxy) is 1. The topological polar surface area (TPSA) is 26.3 Å². The van der Waals surface area contributed by atoms with Crippen LogP contribution in [-0.4, -0.2) is 13.1 Å². The number of rotatable bonds is 3. The van der Waals surface area contributed by atoms with Crippen molar-refractivity contribution in [1.29, 1.82) is 0 Å². The van der Waals surface area contributed by atoms with Gasteiger partial charge in [-0.15, -0.1) is 0 Å². The first kappa shape index (κ1) is 10.5. The van der Waals surface area contributed by atoms with Crippen molar-refractivity contribution in [2.75, 3.05) is 7.11 Å². The Morgan fingerprint density at radius 2 is 1.45 bits per heavy atom. The van der Waals surface area contributed by atoms with E-state index in [1.165, 1.54) is 7.11 Å². The van der Waals surface area contributed by atoms with Crippen molar-refractivity contribution in [1.82, 2.24) is 0 Å². The largest absolute Gasteiger partial charge is 0.469 e. The van der Waals surface area contributed by atoms with Crippen LogP contribution in [0.3, 0.4) is 0 Å². The van der Waals surface area contributed by atoms with Crippen LogP contribution >= 0.6 is 0 Å². The molecule has 0 bridgehead atoms. The van der Waals surface area contributed by atoms with Crippen molar-refractivity contribution in [3.05, 3.63) is 0 Å². The number of hydrogen-bond donors (Lipinski definition) is 0. The summed E-state index contributed by atoms with van der Waals surface area (Å²) < 4.78 is 4.70. The van der Waals surface area contributed by atoms with E-state index >= 15 is 0 Å². The SMILES string of the molecule is COC(=O)C(C(C)C)C(C)C. The van der Waals surface area contributed by atoms with Crippen LogP contribution in [0.25, 0.3) is 0 Å². The predicted octanol–water partition coefficient (Wildman–Crippen LogP) is 2.09. The molecule has 0 aromatic heterocycles. The molecular weight excluding hydrogens is 140 g/mol. The molecule has 0 saturated heterocycles. The van der Waals surface area contributed by atoms with Crippen LogP contribution in [0.2, 0.25) is 0 Å². The number of carbonyl (C=O) groups excluding carboxylic acids is 1. The van der Waals surface area contributed by atoms with Crippen LogP contribution in [0.15, 0.2) is 0 Å². The van der Waals surface area contributed by atoms with E-state index < -0.39 is 0 Å². The van der Waals surface area contributed by atoms with Crippen LogP contribution in [0, 0.1) is 17.8 Å². The van der Waals surface area contributed by atoms with Crippen molar-refractivity contribution in [2.24, 2.45) is 17.8 Å². The maximum atomic E-state index is 11.2. The molecule has 0 saturated carbocycles. The molecule has 0 amide bonds. The highest BCUT2D eigenvalue weighted by Crippen LogP contribution is 2.21. The van der Waals surface area contributed by atoms with E-state index in [2.05, 4.69) is 0 Å². The third kappa shape index (κ3) is 2.91. The lowest BCUT2D eigenvalue weighted by molar-refractivity contribution is -0.148. The van der Waals surface area contributed by atoms with Gasteiger partial charge >= 0.3 is 5.97 Å². The zero-order chi connectivity index (χ0) is 9.02. The number of carbonyl (C=O) groups is 1. The second-order valence-electron chi connectivity index (χ2n) is 3.54. The normalized spacial score (nSPS) is 11.3. The Bertz CT molecular complexity index is 120. The molecule has 0 rings (SSSR count). The average molecular weight is 158 g/mol. The lowest BCUT2D eigenvalue weighted by Crippen LogP contribution is -2.26. The first-order valence-electron chi connectivity index (χ1n) is 4.08. The fourth-order valence-corrected chi connectivity index (χ4v) is 1.45. The number of methoxy groups -OCH3 is 1. The summed E-state index contributed by atoms with van der Waals surface area (Å²) in [6, 6.07) is 0. The van der Waals surface area contributed by atoms with Gasteiger partial charge in [-0.2, -0.15) is 0 Å². The second-order valence-corrected chi connectivity index (χ2v) is 3.54. The summed E-state index contributed by atoms with van der Waals surface area (Å²) in [6.07, 6.45) is 0. The van der Waals surface area contributed by atoms with Crippen molar-refractivity contribution >= 4 is 5.97 Å². The molecule has 0 aliphatic carbocycles. The molecule has 0 unspecified atom stereocenters. The molecule has 0 aromatic rings. The predicted molar refractivity (Wildman–Crippen MR) is 45.2 cm³/mol. The van der Waals surface area contributed by atoms with Crippen LogP contribution in [-0.2, 0) is 9.53 Å². The van der Waals surface area contributed by atoms with Gasteiger partial charge in [0.15, 0.2) is 0 Å². The fraction of sp³-hybridized carbons (Fsp3) is 0.889. The van der Waals surface area contributed by atoms with E-state index in [9.17, 15) is 4.79 Å². The van der Waals surface area contributed by atoms with Gasteiger partial charge in [-0.1, -0.05) is 27.7 Å². The summed E-state index contributed by atoms with van der Waals surface area (Å²) >= 11 is 0. The molecule has 0 spiro atoms.